The molecule has 2 amide bonds. The molecule has 0 radical (unpaired) electrons. The number of carbonyl (C=O) groups excluding carboxylic acids is 2. The van der Waals surface area contributed by atoms with Gasteiger partial charge >= 0.3 is 0 Å². The smallest absolute Gasteiger partial charge is 0.265 e. The highest BCUT2D eigenvalue weighted by Gasteiger charge is 2.36. The third kappa shape index (κ3) is 7.51. The van der Waals surface area contributed by atoms with E-state index in [1.54, 1.807) is 26.2 Å². The topological polar surface area (TPSA) is 98.8 Å². The summed E-state index contributed by atoms with van der Waals surface area (Å²) in [5, 5.41) is 3.43. The summed E-state index contributed by atoms with van der Waals surface area (Å²) in [6.07, 6.45) is 1.53. The average molecular weight is 618 g/mol. The van der Waals surface area contributed by atoms with E-state index in [-0.39, 0.29) is 30.3 Å². The zero-order valence-electron chi connectivity index (χ0n) is 26.5. The van der Waals surface area contributed by atoms with Crippen LogP contribution in [-0.2, 0) is 20.9 Å². The molecule has 2 aliphatic heterocycles. The van der Waals surface area contributed by atoms with E-state index in [0.29, 0.717) is 62.2 Å². The predicted octanol–water partition coefficient (Wildman–Crippen LogP) is 4.79. The molecule has 2 heterocycles. The number of piperidine rings is 1. The predicted molar refractivity (Wildman–Crippen MR) is 173 cm³/mol. The number of hydrogen-bond donors (Lipinski definition) is 1. The number of amides is 2. The average Bonchev–Trinajstić information content (AvgIpc) is 3.08. The summed E-state index contributed by atoms with van der Waals surface area (Å²) in [5.41, 5.74) is 3.43. The second-order valence-electron chi connectivity index (χ2n) is 11.2. The van der Waals surface area contributed by atoms with Gasteiger partial charge in [0.2, 0.25) is 5.91 Å². The first-order valence-electron chi connectivity index (χ1n) is 15.5. The second-order valence-corrected chi connectivity index (χ2v) is 11.2. The Morgan fingerprint density at radius 3 is 2.56 bits per heavy atom. The molecule has 1 saturated heterocycles. The summed E-state index contributed by atoms with van der Waals surface area (Å²) in [5.74, 6) is 2.46. The fraction of sp³-hybridized carbons (Fsp3) is 0.429. The Labute approximate surface area is 265 Å². The first-order chi connectivity index (χ1) is 21.9. The van der Waals surface area contributed by atoms with Gasteiger partial charge in [0.1, 0.15) is 29.6 Å². The molecule has 1 fully saturated rings. The van der Waals surface area contributed by atoms with Crippen molar-refractivity contribution in [3.05, 3.63) is 71.8 Å². The highest BCUT2D eigenvalue weighted by molar-refractivity contribution is 6.00. The third-order valence-electron chi connectivity index (χ3n) is 8.41. The van der Waals surface area contributed by atoms with Crippen molar-refractivity contribution in [3.63, 3.8) is 0 Å². The Bertz CT molecular complexity index is 1460. The van der Waals surface area contributed by atoms with E-state index >= 15 is 0 Å². The van der Waals surface area contributed by atoms with Gasteiger partial charge in [-0.3, -0.25) is 9.59 Å². The molecule has 240 valence electrons. The van der Waals surface area contributed by atoms with Gasteiger partial charge in [-0.1, -0.05) is 12.1 Å². The van der Waals surface area contributed by atoms with Crippen LogP contribution in [0.1, 0.15) is 36.8 Å². The molecule has 45 heavy (non-hydrogen) atoms. The molecule has 2 atom stereocenters. The number of carbonyl (C=O) groups is 2. The SMILES string of the molecule is CCN(C(=O)C1CNCC[C@@H]1c1cccc(OCc2cc(OC)cc(OC)c2)c1)c1ccc2c(c1)N(CCCOC)C(=O)CO2. The Balaban J connectivity index is 1.34. The molecule has 0 aromatic heterocycles. The van der Waals surface area contributed by atoms with Gasteiger partial charge in [0.05, 0.1) is 25.8 Å². The Kier molecular flexibility index (Phi) is 10.8. The quantitative estimate of drug-likeness (QED) is 0.274. The van der Waals surface area contributed by atoms with Crippen LogP contribution in [0.3, 0.4) is 0 Å². The van der Waals surface area contributed by atoms with Crippen molar-refractivity contribution >= 4 is 23.2 Å². The van der Waals surface area contributed by atoms with Crippen molar-refractivity contribution in [1.82, 2.24) is 5.32 Å². The van der Waals surface area contributed by atoms with Gasteiger partial charge in [-0.05, 0) is 85.8 Å². The van der Waals surface area contributed by atoms with Crippen LogP contribution >= 0.6 is 0 Å². The molecule has 10 nitrogen and oxygen atoms in total. The Morgan fingerprint density at radius 1 is 1.02 bits per heavy atom. The zero-order chi connectivity index (χ0) is 31.8. The summed E-state index contributed by atoms with van der Waals surface area (Å²) in [6, 6.07) is 19.4. The Hall–Kier alpha value is -4.28. The van der Waals surface area contributed by atoms with Gasteiger partial charge in [0, 0.05) is 45.1 Å². The van der Waals surface area contributed by atoms with Crippen molar-refractivity contribution in [2.75, 3.05) is 70.5 Å². The van der Waals surface area contributed by atoms with Crippen LogP contribution in [0.4, 0.5) is 11.4 Å². The maximum Gasteiger partial charge on any atom is 0.265 e. The molecule has 0 saturated carbocycles. The molecule has 0 spiro atoms. The van der Waals surface area contributed by atoms with Crippen LogP contribution in [0.25, 0.3) is 0 Å². The van der Waals surface area contributed by atoms with Crippen LogP contribution in [0.2, 0.25) is 0 Å². The molecule has 10 heteroatoms. The van der Waals surface area contributed by atoms with Gasteiger partial charge in [-0.2, -0.15) is 0 Å². The summed E-state index contributed by atoms with van der Waals surface area (Å²) in [7, 11) is 4.90. The minimum Gasteiger partial charge on any atom is -0.497 e. The van der Waals surface area contributed by atoms with Crippen LogP contribution < -0.4 is 34.1 Å². The number of ether oxygens (including phenoxy) is 5. The number of nitrogens with one attached hydrogen (secondary N) is 1. The normalized spacial score (nSPS) is 17.7. The molecule has 2 aliphatic rings. The Morgan fingerprint density at radius 2 is 1.82 bits per heavy atom. The van der Waals surface area contributed by atoms with Gasteiger partial charge in [-0.25, -0.2) is 0 Å². The van der Waals surface area contributed by atoms with Gasteiger partial charge in [-0.15, -0.1) is 0 Å². The lowest BCUT2D eigenvalue weighted by Gasteiger charge is -2.36. The molecule has 3 aromatic rings. The molecule has 3 aromatic carbocycles. The standard InChI is InChI=1S/C35H43N3O7/c1-5-37(26-10-11-33-32(19-26)38(14-7-15-41-2)34(39)23-45-33)35(40)31-21-36-13-12-30(31)25-8-6-9-27(18-25)44-22-24-16-28(42-3)20-29(17-24)43-4/h6,8-11,16-20,30-31,36H,5,7,12-15,21-23H2,1-4H3/t30-,31?/m1/s1. The molecular formula is C35H43N3O7. The van der Waals surface area contributed by atoms with Crippen LogP contribution in [0, 0.1) is 5.92 Å². The number of nitrogens with zero attached hydrogens (tertiary/aromatic N) is 2. The van der Waals surface area contributed by atoms with Crippen LogP contribution in [0.5, 0.6) is 23.0 Å². The number of anilines is 2. The fourth-order valence-electron chi connectivity index (χ4n) is 6.10. The van der Waals surface area contributed by atoms with E-state index in [9.17, 15) is 9.59 Å². The summed E-state index contributed by atoms with van der Waals surface area (Å²) in [4.78, 5) is 30.5. The molecule has 1 N–H and O–H groups in total. The second kappa shape index (κ2) is 15.1. The lowest BCUT2D eigenvalue weighted by molar-refractivity contribution is -0.123. The molecule has 0 bridgehead atoms. The lowest BCUT2D eigenvalue weighted by Crippen LogP contribution is -2.46. The van der Waals surface area contributed by atoms with E-state index in [1.807, 2.05) is 66.4 Å². The minimum absolute atomic E-state index is 0.00167. The first kappa shape index (κ1) is 32.1. The number of hydrogen-bond acceptors (Lipinski definition) is 8. The summed E-state index contributed by atoms with van der Waals surface area (Å²) < 4.78 is 27.9. The minimum atomic E-state index is -0.275. The highest BCUT2D eigenvalue weighted by atomic mass is 16.5. The molecule has 5 rings (SSSR count). The van der Waals surface area contributed by atoms with E-state index in [4.69, 9.17) is 23.7 Å². The van der Waals surface area contributed by atoms with E-state index < -0.39 is 0 Å². The zero-order valence-corrected chi connectivity index (χ0v) is 26.5. The van der Waals surface area contributed by atoms with Gasteiger partial charge in [0.25, 0.3) is 5.91 Å². The van der Waals surface area contributed by atoms with Crippen molar-refractivity contribution in [3.8, 4) is 23.0 Å². The summed E-state index contributed by atoms with van der Waals surface area (Å²) in [6.45, 7) is 5.29. The van der Waals surface area contributed by atoms with Crippen molar-refractivity contribution in [2.24, 2.45) is 5.92 Å². The monoisotopic (exact) mass is 617 g/mol. The maximum absolute atomic E-state index is 14.3. The number of fused-ring (bicyclic) bond motifs is 1. The highest BCUT2D eigenvalue weighted by Crippen LogP contribution is 2.38. The van der Waals surface area contributed by atoms with Crippen molar-refractivity contribution in [1.29, 1.82) is 0 Å². The number of methoxy groups -OCH3 is 3. The van der Waals surface area contributed by atoms with E-state index in [0.717, 1.165) is 35.5 Å². The molecule has 0 aliphatic carbocycles. The third-order valence-corrected chi connectivity index (χ3v) is 8.41. The van der Waals surface area contributed by atoms with Crippen molar-refractivity contribution < 1.29 is 33.3 Å². The molecular weight excluding hydrogens is 574 g/mol. The van der Waals surface area contributed by atoms with E-state index in [2.05, 4.69) is 11.4 Å². The fourth-order valence-corrected chi connectivity index (χ4v) is 6.10. The van der Waals surface area contributed by atoms with Crippen LogP contribution in [-0.4, -0.2) is 72.5 Å². The lowest BCUT2D eigenvalue weighted by atomic mass is 9.80. The van der Waals surface area contributed by atoms with E-state index in [1.165, 1.54) is 0 Å². The first-order valence-corrected chi connectivity index (χ1v) is 15.5. The number of benzene rings is 3. The van der Waals surface area contributed by atoms with Gasteiger partial charge < -0.3 is 38.8 Å². The molecule has 1 unspecified atom stereocenters. The summed E-state index contributed by atoms with van der Waals surface area (Å²) >= 11 is 0. The maximum atomic E-state index is 14.3. The largest absolute Gasteiger partial charge is 0.497 e. The van der Waals surface area contributed by atoms with Gasteiger partial charge in [0.15, 0.2) is 6.61 Å². The number of rotatable bonds is 13. The van der Waals surface area contributed by atoms with Crippen molar-refractivity contribution in [2.45, 2.75) is 32.3 Å². The van der Waals surface area contributed by atoms with Crippen LogP contribution in [0.15, 0.2) is 60.7 Å².